The van der Waals surface area contributed by atoms with E-state index in [0.29, 0.717) is 0 Å². The molecule has 27 heavy (non-hydrogen) atoms. The maximum Gasteiger partial charge on any atom is 0.168 e. The first kappa shape index (κ1) is 15.5. The van der Waals surface area contributed by atoms with Gasteiger partial charge in [-0.2, -0.15) is 0 Å². The lowest BCUT2D eigenvalue weighted by Crippen LogP contribution is -1.97. The molecule has 1 aromatic heterocycles. The molecule has 3 heteroatoms. The van der Waals surface area contributed by atoms with E-state index in [2.05, 4.69) is 106 Å². The summed E-state index contributed by atoms with van der Waals surface area (Å²) in [5, 5.41) is 11.0. The average Bonchev–Trinajstić information content (AvgIpc) is 3.24. The molecule has 1 heterocycles. The number of fused-ring (bicyclic) bond motifs is 1. The van der Waals surface area contributed by atoms with Gasteiger partial charge in [-0.25, -0.2) is 0 Å². The molecule has 0 fully saturated rings. The fourth-order valence-electron chi connectivity index (χ4n) is 3.49. The lowest BCUT2D eigenvalue weighted by molar-refractivity contribution is 1.07. The molecule has 128 valence electrons. The van der Waals surface area contributed by atoms with E-state index >= 15 is 0 Å². The number of hydrogen-bond acceptors (Lipinski definition) is 2. The summed E-state index contributed by atoms with van der Waals surface area (Å²) in [6.45, 7) is 0. The standard InChI is InChI=1S/C24H17N3/c1-2-8-18(9-3-1)20-12-6-13-21(16-20)24-26-25-17-27(24)23-15-7-11-19-10-4-5-14-22(19)23/h1-17H. The van der Waals surface area contributed by atoms with Crippen LogP contribution in [0.4, 0.5) is 0 Å². The predicted molar refractivity (Wildman–Crippen MR) is 110 cm³/mol. The van der Waals surface area contributed by atoms with Crippen molar-refractivity contribution in [2.24, 2.45) is 0 Å². The highest BCUT2D eigenvalue weighted by Crippen LogP contribution is 2.29. The molecule has 0 saturated heterocycles. The second-order valence-electron chi connectivity index (χ2n) is 6.47. The number of nitrogens with zero attached hydrogens (tertiary/aromatic N) is 3. The van der Waals surface area contributed by atoms with Gasteiger partial charge in [0, 0.05) is 10.9 Å². The SMILES string of the molecule is c1ccc(-c2cccc(-c3nncn3-c3cccc4ccccc34)c2)cc1. The third-order valence-corrected chi connectivity index (χ3v) is 4.80. The molecule has 0 spiro atoms. The van der Waals surface area contributed by atoms with Gasteiger partial charge in [-0.15, -0.1) is 10.2 Å². The predicted octanol–water partition coefficient (Wildman–Crippen LogP) is 5.75. The zero-order chi connectivity index (χ0) is 18.1. The average molecular weight is 347 g/mol. The maximum absolute atomic E-state index is 4.42. The van der Waals surface area contributed by atoms with Crippen LogP contribution in [0.1, 0.15) is 0 Å². The minimum atomic E-state index is 0.837. The quantitative estimate of drug-likeness (QED) is 0.416. The molecule has 0 radical (unpaired) electrons. The largest absolute Gasteiger partial charge is 0.281 e. The molecular weight excluding hydrogens is 330 g/mol. The normalized spacial score (nSPS) is 11.0. The molecule has 0 aliphatic carbocycles. The van der Waals surface area contributed by atoms with Gasteiger partial charge in [0.25, 0.3) is 0 Å². The van der Waals surface area contributed by atoms with Crippen molar-refractivity contribution in [2.75, 3.05) is 0 Å². The Kier molecular flexibility index (Phi) is 3.76. The Labute approximate surface area is 157 Å². The van der Waals surface area contributed by atoms with E-state index in [-0.39, 0.29) is 0 Å². The molecule has 4 aromatic carbocycles. The summed E-state index contributed by atoms with van der Waals surface area (Å²) in [5.41, 5.74) is 4.48. The summed E-state index contributed by atoms with van der Waals surface area (Å²) in [5.74, 6) is 0.837. The monoisotopic (exact) mass is 347 g/mol. The van der Waals surface area contributed by atoms with Gasteiger partial charge in [0.2, 0.25) is 0 Å². The molecule has 0 N–H and O–H groups in total. The van der Waals surface area contributed by atoms with E-state index in [1.165, 1.54) is 21.9 Å². The van der Waals surface area contributed by atoms with Crippen molar-refractivity contribution in [1.29, 1.82) is 0 Å². The van der Waals surface area contributed by atoms with Crippen molar-refractivity contribution < 1.29 is 0 Å². The fourth-order valence-corrected chi connectivity index (χ4v) is 3.49. The van der Waals surface area contributed by atoms with Crippen LogP contribution in [0.3, 0.4) is 0 Å². The van der Waals surface area contributed by atoms with E-state index in [0.717, 1.165) is 17.1 Å². The third kappa shape index (κ3) is 2.79. The van der Waals surface area contributed by atoms with Gasteiger partial charge in [-0.1, -0.05) is 84.9 Å². The fraction of sp³-hybridized carbons (Fsp3) is 0. The molecule has 0 saturated carbocycles. The van der Waals surface area contributed by atoms with Gasteiger partial charge in [0.1, 0.15) is 6.33 Å². The van der Waals surface area contributed by atoms with Crippen LogP contribution in [0, 0.1) is 0 Å². The molecule has 0 unspecified atom stereocenters. The van der Waals surface area contributed by atoms with Crippen LogP contribution in [-0.2, 0) is 0 Å². The van der Waals surface area contributed by atoms with E-state index < -0.39 is 0 Å². The Morgan fingerprint density at radius 2 is 1.30 bits per heavy atom. The zero-order valence-electron chi connectivity index (χ0n) is 14.7. The smallest absolute Gasteiger partial charge is 0.168 e. The highest BCUT2D eigenvalue weighted by molar-refractivity contribution is 5.90. The van der Waals surface area contributed by atoms with Gasteiger partial charge in [-0.3, -0.25) is 4.57 Å². The van der Waals surface area contributed by atoms with Crippen LogP contribution in [0.5, 0.6) is 0 Å². The summed E-state index contributed by atoms with van der Waals surface area (Å²) in [4.78, 5) is 0. The summed E-state index contributed by atoms with van der Waals surface area (Å²) in [7, 11) is 0. The summed E-state index contributed by atoms with van der Waals surface area (Å²) >= 11 is 0. The zero-order valence-corrected chi connectivity index (χ0v) is 14.7. The van der Waals surface area contributed by atoms with Crippen LogP contribution < -0.4 is 0 Å². The Morgan fingerprint density at radius 1 is 0.593 bits per heavy atom. The summed E-state index contributed by atoms with van der Waals surface area (Å²) < 4.78 is 2.06. The Morgan fingerprint density at radius 3 is 2.22 bits per heavy atom. The first-order valence-electron chi connectivity index (χ1n) is 8.94. The highest BCUT2D eigenvalue weighted by Gasteiger charge is 2.12. The first-order chi connectivity index (χ1) is 13.4. The van der Waals surface area contributed by atoms with E-state index in [1.54, 1.807) is 6.33 Å². The van der Waals surface area contributed by atoms with Crippen LogP contribution in [0.25, 0.3) is 39.0 Å². The molecular formula is C24H17N3. The Hall–Kier alpha value is -3.72. The Bertz CT molecular complexity index is 1220. The molecule has 0 bridgehead atoms. The Balaban J connectivity index is 1.66. The lowest BCUT2D eigenvalue weighted by Gasteiger charge is -2.11. The number of hydrogen-bond donors (Lipinski definition) is 0. The highest BCUT2D eigenvalue weighted by atomic mass is 15.3. The van der Waals surface area contributed by atoms with Gasteiger partial charge in [-0.05, 0) is 28.6 Å². The van der Waals surface area contributed by atoms with Crippen molar-refractivity contribution in [2.45, 2.75) is 0 Å². The van der Waals surface area contributed by atoms with Crippen LogP contribution in [-0.4, -0.2) is 14.8 Å². The molecule has 5 rings (SSSR count). The van der Waals surface area contributed by atoms with Gasteiger partial charge >= 0.3 is 0 Å². The van der Waals surface area contributed by atoms with Crippen LogP contribution >= 0.6 is 0 Å². The molecule has 0 atom stereocenters. The number of aromatic nitrogens is 3. The second-order valence-corrected chi connectivity index (χ2v) is 6.47. The van der Waals surface area contributed by atoms with E-state index in [4.69, 9.17) is 0 Å². The van der Waals surface area contributed by atoms with E-state index in [1.807, 2.05) is 6.07 Å². The van der Waals surface area contributed by atoms with Crippen molar-refractivity contribution in [1.82, 2.24) is 14.8 Å². The summed E-state index contributed by atoms with van der Waals surface area (Å²) in [6, 6.07) is 33.5. The minimum absolute atomic E-state index is 0.837. The number of rotatable bonds is 3. The molecule has 0 amide bonds. The number of benzene rings is 4. The second kappa shape index (κ2) is 6.54. The molecule has 0 aliphatic rings. The van der Waals surface area contributed by atoms with Crippen molar-refractivity contribution >= 4 is 10.8 Å². The minimum Gasteiger partial charge on any atom is -0.281 e. The van der Waals surface area contributed by atoms with Gasteiger partial charge < -0.3 is 0 Å². The van der Waals surface area contributed by atoms with Crippen LogP contribution in [0.15, 0.2) is 103 Å². The third-order valence-electron chi connectivity index (χ3n) is 4.80. The first-order valence-corrected chi connectivity index (χ1v) is 8.94. The topological polar surface area (TPSA) is 30.7 Å². The van der Waals surface area contributed by atoms with Crippen molar-refractivity contribution in [3.05, 3.63) is 103 Å². The van der Waals surface area contributed by atoms with Gasteiger partial charge in [0.05, 0.1) is 5.69 Å². The van der Waals surface area contributed by atoms with E-state index in [9.17, 15) is 0 Å². The lowest BCUT2D eigenvalue weighted by atomic mass is 10.0. The van der Waals surface area contributed by atoms with Crippen LogP contribution in [0.2, 0.25) is 0 Å². The van der Waals surface area contributed by atoms with Crippen molar-refractivity contribution in [3.63, 3.8) is 0 Å². The molecule has 0 aliphatic heterocycles. The maximum atomic E-state index is 4.42. The van der Waals surface area contributed by atoms with Crippen molar-refractivity contribution in [3.8, 4) is 28.2 Å². The molecule has 5 aromatic rings. The molecule has 3 nitrogen and oxygen atoms in total. The summed E-state index contributed by atoms with van der Waals surface area (Å²) in [6.07, 6.45) is 1.78. The van der Waals surface area contributed by atoms with Gasteiger partial charge in [0.15, 0.2) is 5.82 Å².